The Morgan fingerprint density at radius 2 is 1.86 bits per heavy atom. The van der Waals surface area contributed by atoms with E-state index in [4.69, 9.17) is 16.3 Å². The molecule has 0 aliphatic carbocycles. The number of benzene rings is 2. The maximum Gasteiger partial charge on any atom is 0.204 e. The lowest BCUT2D eigenvalue weighted by atomic mass is 10.2. The van der Waals surface area contributed by atoms with Crippen molar-refractivity contribution >= 4 is 11.6 Å². The van der Waals surface area contributed by atoms with Crippen LogP contribution in [-0.2, 0) is 6.54 Å². The van der Waals surface area contributed by atoms with Crippen LogP contribution in [0.2, 0.25) is 5.02 Å². The first-order valence-electron chi connectivity index (χ1n) is 7.00. The minimum absolute atomic E-state index is 0.490. The number of ether oxygens (including phenoxy) is 1. The average Bonchev–Trinajstić information content (AvgIpc) is 2.99. The van der Waals surface area contributed by atoms with Gasteiger partial charge in [-0.2, -0.15) is 4.80 Å². The van der Waals surface area contributed by atoms with Gasteiger partial charge in [0.15, 0.2) is 0 Å². The van der Waals surface area contributed by atoms with E-state index in [1.54, 1.807) is 0 Å². The number of nitrogens with zero attached hydrogens (tertiary/aromatic N) is 4. The fourth-order valence-electron chi connectivity index (χ4n) is 2.07. The Labute approximate surface area is 133 Å². The summed E-state index contributed by atoms with van der Waals surface area (Å²) in [5, 5.41) is 13.2. The van der Waals surface area contributed by atoms with Crippen molar-refractivity contribution in [1.82, 2.24) is 20.2 Å². The van der Waals surface area contributed by atoms with Crippen molar-refractivity contribution < 1.29 is 4.74 Å². The molecule has 0 bridgehead atoms. The van der Waals surface area contributed by atoms with E-state index < -0.39 is 0 Å². The fourth-order valence-corrected chi connectivity index (χ4v) is 2.27. The van der Waals surface area contributed by atoms with Gasteiger partial charge in [0.2, 0.25) is 5.82 Å². The molecule has 2 aromatic carbocycles. The normalized spacial score (nSPS) is 10.6. The number of halogens is 1. The van der Waals surface area contributed by atoms with E-state index in [-0.39, 0.29) is 0 Å². The van der Waals surface area contributed by atoms with E-state index in [2.05, 4.69) is 15.4 Å². The van der Waals surface area contributed by atoms with Crippen LogP contribution in [0, 0.1) is 0 Å². The zero-order valence-electron chi connectivity index (χ0n) is 12.1. The highest BCUT2D eigenvalue weighted by molar-refractivity contribution is 6.31. The first kappa shape index (κ1) is 14.5. The van der Waals surface area contributed by atoms with Crippen LogP contribution < -0.4 is 4.74 Å². The lowest BCUT2D eigenvalue weighted by Gasteiger charge is -2.03. The van der Waals surface area contributed by atoms with Gasteiger partial charge in [0.25, 0.3) is 0 Å². The van der Waals surface area contributed by atoms with Crippen LogP contribution in [0.3, 0.4) is 0 Å². The van der Waals surface area contributed by atoms with Crippen molar-refractivity contribution in [1.29, 1.82) is 0 Å². The van der Waals surface area contributed by atoms with E-state index in [9.17, 15) is 0 Å². The van der Waals surface area contributed by atoms with Crippen LogP contribution >= 0.6 is 11.6 Å². The summed E-state index contributed by atoms with van der Waals surface area (Å²) in [5.74, 6) is 1.41. The van der Waals surface area contributed by atoms with Crippen molar-refractivity contribution in [3.63, 3.8) is 0 Å². The summed E-state index contributed by atoms with van der Waals surface area (Å²) >= 11 is 6.14. The van der Waals surface area contributed by atoms with Crippen molar-refractivity contribution in [2.45, 2.75) is 13.5 Å². The molecular weight excluding hydrogens is 300 g/mol. The van der Waals surface area contributed by atoms with Crippen LogP contribution in [0.25, 0.3) is 11.4 Å². The summed E-state index contributed by atoms with van der Waals surface area (Å²) in [6.45, 7) is 3.09. The lowest BCUT2D eigenvalue weighted by molar-refractivity contribution is 0.340. The number of aromatic nitrogens is 4. The average molecular weight is 315 g/mol. The molecule has 0 aliphatic heterocycles. The van der Waals surface area contributed by atoms with Crippen LogP contribution in [-0.4, -0.2) is 26.8 Å². The predicted molar refractivity (Wildman–Crippen MR) is 85.0 cm³/mol. The monoisotopic (exact) mass is 314 g/mol. The molecule has 0 atom stereocenters. The van der Waals surface area contributed by atoms with E-state index in [0.29, 0.717) is 24.0 Å². The lowest BCUT2D eigenvalue weighted by Crippen LogP contribution is -2.04. The van der Waals surface area contributed by atoms with E-state index >= 15 is 0 Å². The molecule has 0 radical (unpaired) electrons. The van der Waals surface area contributed by atoms with E-state index in [1.807, 2.05) is 55.5 Å². The first-order chi connectivity index (χ1) is 10.8. The molecule has 0 fully saturated rings. The number of hydrogen-bond acceptors (Lipinski definition) is 4. The van der Waals surface area contributed by atoms with Crippen LogP contribution in [0.4, 0.5) is 0 Å². The molecule has 0 unspecified atom stereocenters. The van der Waals surface area contributed by atoms with Crippen LogP contribution in [0.5, 0.6) is 5.75 Å². The molecule has 3 aromatic rings. The summed E-state index contributed by atoms with van der Waals surface area (Å²) in [4.78, 5) is 1.53. The van der Waals surface area contributed by atoms with E-state index in [0.717, 1.165) is 16.9 Å². The van der Waals surface area contributed by atoms with Gasteiger partial charge in [-0.3, -0.25) is 0 Å². The molecule has 3 rings (SSSR count). The Balaban J connectivity index is 1.77. The summed E-state index contributed by atoms with van der Waals surface area (Å²) in [5.41, 5.74) is 1.86. The summed E-state index contributed by atoms with van der Waals surface area (Å²) in [7, 11) is 0. The Bertz CT molecular complexity index is 755. The third-order valence-electron chi connectivity index (χ3n) is 3.15. The smallest absolute Gasteiger partial charge is 0.204 e. The second-order valence-corrected chi connectivity index (χ2v) is 5.10. The van der Waals surface area contributed by atoms with Gasteiger partial charge >= 0.3 is 0 Å². The SMILES string of the molecule is CCOc1ccc(-c2nnn(Cc3ccccc3Cl)n2)cc1. The van der Waals surface area contributed by atoms with Gasteiger partial charge in [-0.1, -0.05) is 29.8 Å². The molecular formula is C16H15ClN4O. The van der Waals surface area contributed by atoms with Crippen LogP contribution in [0.15, 0.2) is 48.5 Å². The van der Waals surface area contributed by atoms with Gasteiger partial charge < -0.3 is 4.74 Å². The number of rotatable bonds is 5. The van der Waals surface area contributed by atoms with Crippen molar-refractivity contribution in [3.05, 3.63) is 59.1 Å². The molecule has 5 nitrogen and oxygen atoms in total. The minimum atomic E-state index is 0.490. The molecule has 0 saturated heterocycles. The maximum absolute atomic E-state index is 6.14. The van der Waals surface area contributed by atoms with Gasteiger partial charge in [-0.05, 0) is 48.0 Å². The molecule has 1 aromatic heterocycles. The minimum Gasteiger partial charge on any atom is -0.494 e. The van der Waals surface area contributed by atoms with Crippen LogP contribution in [0.1, 0.15) is 12.5 Å². The Kier molecular flexibility index (Phi) is 4.34. The summed E-state index contributed by atoms with van der Waals surface area (Å²) < 4.78 is 5.42. The molecule has 0 spiro atoms. The topological polar surface area (TPSA) is 52.8 Å². The third kappa shape index (κ3) is 3.26. The molecule has 0 N–H and O–H groups in total. The molecule has 1 heterocycles. The predicted octanol–water partition coefficient (Wildman–Crippen LogP) is 3.44. The van der Waals surface area contributed by atoms with Gasteiger partial charge in [-0.25, -0.2) is 0 Å². The molecule has 6 heteroatoms. The van der Waals surface area contributed by atoms with Crippen molar-refractivity contribution in [2.24, 2.45) is 0 Å². The molecule has 22 heavy (non-hydrogen) atoms. The highest BCUT2D eigenvalue weighted by atomic mass is 35.5. The van der Waals surface area contributed by atoms with Gasteiger partial charge in [0.05, 0.1) is 13.2 Å². The largest absolute Gasteiger partial charge is 0.494 e. The third-order valence-corrected chi connectivity index (χ3v) is 3.51. The summed E-state index contributed by atoms with van der Waals surface area (Å²) in [6.07, 6.45) is 0. The van der Waals surface area contributed by atoms with Crippen molar-refractivity contribution in [3.8, 4) is 17.1 Å². The Morgan fingerprint density at radius 1 is 1.09 bits per heavy atom. The molecule has 0 saturated carbocycles. The van der Waals surface area contributed by atoms with Gasteiger partial charge in [0, 0.05) is 10.6 Å². The molecule has 0 amide bonds. The number of hydrogen-bond donors (Lipinski definition) is 0. The van der Waals surface area contributed by atoms with Crippen molar-refractivity contribution in [2.75, 3.05) is 6.61 Å². The number of tetrazole rings is 1. The zero-order valence-corrected chi connectivity index (χ0v) is 12.9. The quantitative estimate of drug-likeness (QED) is 0.724. The second kappa shape index (κ2) is 6.58. The fraction of sp³-hybridized carbons (Fsp3) is 0.188. The van der Waals surface area contributed by atoms with Gasteiger partial charge in [-0.15, -0.1) is 10.2 Å². The Hall–Kier alpha value is -2.40. The Morgan fingerprint density at radius 3 is 2.59 bits per heavy atom. The highest BCUT2D eigenvalue weighted by Crippen LogP contribution is 2.19. The molecule has 112 valence electrons. The second-order valence-electron chi connectivity index (χ2n) is 4.69. The standard InChI is InChI=1S/C16H15ClN4O/c1-2-22-14-9-7-12(8-10-14)16-18-20-21(19-16)11-13-5-3-4-6-15(13)17/h3-10H,2,11H2,1H3. The highest BCUT2D eigenvalue weighted by Gasteiger charge is 2.08. The van der Waals surface area contributed by atoms with E-state index in [1.165, 1.54) is 4.80 Å². The summed E-state index contributed by atoms with van der Waals surface area (Å²) in [6, 6.07) is 15.3. The zero-order chi connectivity index (χ0) is 15.4. The maximum atomic E-state index is 6.14. The molecule has 0 aliphatic rings. The first-order valence-corrected chi connectivity index (χ1v) is 7.38. The van der Waals surface area contributed by atoms with Gasteiger partial charge in [0.1, 0.15) is 5.75 Å².